The molecule has 1 aliphatic heterocycles. The molecule has 2 fully saturated rings. The molecule has 1 saturated heterocycles. The Morgan fingerprint density at radius 3 is 2.59 bits per heavy atom. The highest BCUT2D eigenvalue weighted by molar-refractivity contribution is 5.95. The van der Waals surface area contributed by atoms with Gasteiger partial charge in [0.2, 0.25) is 0 Å². The fourth-order valence-electron chi connectivity index (χ4n) is 4.53. The zero-order valence-electron chi connectivity index (χ0n) is 19.1. The fraction of sp³-hybridized carbons (Fsp3) is 0.520. The standard InChI is InChI=1S/C25H34N4O3/c1-19(18-28-13-15-29(16-14-28)24-9-5-6-12-26-24)27-25(30)20-10-11-22(23(17-20)31-2)32-21-7-3-4-8-21/h5-6,9-12,17,19,21H,3-4,7-8,13-16,18H2,1-2H3,(H,27,30). The quantitative estimate of drug-likeness (QED) is 0.682. The first kappa shape index (κ1) is 22.4. The number of aromatic nitrogens is 1. The van der Waals surface area contributed by atoms with Crippen LogP contribution in [-0.2, 0) is 0 Å². The highest BCUT2D eigenvalue weighted by Crippen LogP contribution is 2.32. The minimum absolute atomic E-state index is 0.0457. The Labute approximate surface area is 190 Å². The van der Waals surface area contributed by atoms with Crippen molar-refractivity contribution in [3.8, 4) is 11.5 Å². The number of rotatable bonds is 8. The number of carbonyl (C=O) groups is 1. The number of pyridine rings is 1. The van der Waals surface area contributed by atoms with Gasteiger partial charge in [-0.15, -0.1) is 0 Å². The second-order valence-electron chi connectivity index (χ2n) is 8.74. The number of carbonyl (C=O) groups excluding carboxylic acids is 1. The van der Waals surface area contributed by atoms with E-state index in [0.717, 1.165) is 57.1 Å². The second-order valence-corrected chi connectivity index (χ2v) is 8.74. The Balaban J connectivity index is 1.27. The topological polar surface area (TPSA) is 66.9 Å². The van der Waals surface area contributed by atoms with E-state index in [1.54, 1.807) is 13.2 Å². The lowest BCUT2D eigenvalue weighted by molar-refractivity contribution is 0.0927. The molecular formula is C25H34N4O3. The van der Waals surface area contributed by atoms with E-state index < -0.39 is 0 Å². The summed E-state index contributed by atoms with van der Waals surface area (Å²) in [4.78, 5) is 22.0. The van der Waals surface area contributed by atoms with Gasteiger partial charge >= 0.3 is 0 Å². The van der Waals surface area contributed by atoms with E-state index in [1.807, 2.05) is 30.5 Å². The van der Waals surface area contributed by atoms with Gasteiger partial charge in [0.15, 0.2) is 11.5 Å². The third-order valence-corrected chi connectivity index (χ3v) is 6.28. The van der Waals surface area contributed by atoms with Crippen LogP contribution in [0.2, 0.25) is 0 Å². The molecule has 172 valence electrons. The molecule has 2 heterocycles. The van der Waals surface area contributed by atoms with Crippen LogP contribution in [0.1, 0.15) is 43.0 Å². The normalized spacial score (nSPS) is 18.4. The summed E-state index contributed by atoms with van der Waals surface area (Å²) in [6.45, 7) is 6.67. The first-order valence-corrected chi connectivity index (χ1v) is 11.7. The van der Waals surface area contributed by atoms with Crippen LogP contribution in [0.15, 0.2) is 42.6 Å². The smallest absolute Gasteiger partial charge is 0.251 e. The largest absolute Gasteiger partial charge is 0.493 e. The number of amides is 1. The summed E-state index contributed by atoms with van der Waals surface area (Å²) in [5, 5.41) is 3.13. The predicted molar refractivity (Wildman–Crippen MR) is 126 cm³/mol. The van der Waals surface area contributed by atoms with Crippen LogP contribution in [0.5, 0.6) is 11.5 Å². The van der Waals surface area contributed by atoms with Gasteiger partial charge in [-0.3, -0.25) is 9.69 Å². The maximum atomic E-state index is 12.8. The van der Waals surface area contributed by atoms with Crippen molar-refractivity contribution >= 4 is 11.7 Å². The van der Waals surface area contributed by atoms with Crippen molar-refractivity contribution in [1.29, 1.82) is 0 Å². The van der Waals surface area contributed by atoms with Crippen molar-refractivity contribution < 1.29 is 14.3 Å². The lowest BCUT2D eigenvalue weighted by atomic mass is 10.1. The predicted octanol–water partition coefficient (Wildman–Crippen LogP) is 3.35. The van der Waals surface area contributed by atoms with Crippen LogP contribution in [0.4, 0.5) is 5.82 Å². The van der Waals surface area contributed by atoms with Gasteiger partial charge in [-0.25, -0.2) is 4.98 Å². The Hall–Kier alpha value is -2.80. The highest BCUT2D eigenvalue weighted by atomic mass is 16.5. The number of piperazine rings is 1. The van der Waals surface area contributed by atoms with Crippen molar-refractivity contribution in [2.45, 2.75) is 44.8 Å². The van der Waals surface area contributed by atoms with Crippen LogP contribution in [0, 0.1) is 0 Å². The van der Waals surface area contributed by atoms with Crippen LogP contribution in [0.25, 0.3) is 0 Å². The van der Waals surface area contributed by atoms with Gasteiger partial charge in [-0.05, 0) is 62.9 Å². The average molecular weight is 439 g/mol. The molecule has 1 aliphatic carbocycles. The van der Waals surface area contributed by atoms with E-state index >= 15 is 0 Å². The SMILES string of the molecule is COc1cc(C(=O)NC(C)CN2CCN(c3ccccn3)CC2)ccc1OC1CCCC1. The number of hydrogen-bond donors (Lipinski definition) is 1. The Kier molecular flexibility index (Phi) is 7.47. The van der Waals surface area contributed by atoms with Gasteiger partial charge in [0.25, 0.3) is 5.91 Å². The molecule has 2 aliphatic rings. The molecular weight excluding hydrogens is 404 g/mol. The van der Waals surface area contributed by atoms with Crippen molar-refractivity contribution in [2.24, 2.45) is 0 Å². The number of ether oxygens (including phenoxy) is 2. The maximum Gasteiger partial charge on any atom is 0.251 e. The summed E-state index contributed by atoms with van der Waals surface area (Å²) in [6.07, 6.45) is 6.68. The van der Waals surface area contributed by atoms with Crippen LogP contribution < -0.4 is 19.7 Å². The van der Waals surface area contributed by atoms with E-state index in [1.165, 1.54) is 12.8 Å². The number of nitrogens with zero attached hydrogens (tertiary/aromatic N) is 3. The lowest BCUT2D eigenvalue weighted by Gasteiger charge is -2.36. The Morgan fingerprint density at radius 1 is 1.12 bits per heavy atom. The molecule has 0 spiro atoms. The van der Waals surface area contributed by atoms with E-state index in [2.05, 4.69) is 33.1 Å². The molecule has 32 heavy (non-hydrogen) atoms. The molecule has 1 aromatic heterocycles. The summed E-state index contributed by atoms with van der Waals surface area (Å²) in [6, 6.07) is 11.5. The Bertz CT molecular complexity index is 878. The van der Waals surface area contributed by atoms with Gasteiger partial charge < -0.3 is 19.7 Å². The summed E-state index contributed by atoms with van der Waals surface area (Å²) in [7, 11) is 1.62. The third-order valence-electron chi connectivity index (χ3n) is 6.28. The highest BCUT2D eigenvalue weighted by Gasteiger charge is 2.22. The molecule has 2 aromatic rings. The minimum atomic E-state index is -0.0877. The molecule has 0 radical (unpaired) electrons. The fourth-order valence-corrected chi connectivity index (χ4v) is 4.53. The van der Waals surface area contributed by atoms with E-state index in [-0.39, 0.29) is 18.1 Å². The van der Waals surface area contributed by atoms with E-state index in [4.69, 9.17) is 9.47 Å². The summed E-state index contributed by atoms with van der Waals surface area (Å²) in [5.41, 5.74) is 0.590. The summed E-state index contributed by atoms with van der Waals surface area (Å²) in [5.74, 6) is 2.27. The van der Waals surface area contributed by atoms with Crippen molar-refractivity contribution in [1.82, 2.24) is 15.2 Å². The molecule has 1 atom stereocenters. The number of benzene rings is 1. The maximum absolute atomic E-state index is 12.8. The number of methoxy groups -OCH3 is 1. The van der Waals surface area contributed by atoms with Gasteiger partial charge in [0.05, 0.1) is 13.2 Å². The molecule has 1 unspecified atom stereocenters. The second kappa shape index (κ2) is 10.7. The van der Waals surface area contributed by atoms with Crippen molar-refractivity contribution in [3.63, 3.8) is 0 Å². The molecule has 1 saturated carbocycles. The van der Waals surface area contributed by atoms with E-state index in [9.17, 15) is 4.79 Å². The summed E-state index contributed by atoms with van der Waals surface area (Å²) < 4.78 is 11.6. The van der Waals surface area contributed by atoms with Crippen molar-refractivity contribution in [2.75, 3.05) is 44.7 Å². The number of nitrogens with one attached hydrogen (secondary N) is 1. The van der Waals surface area contributed by atoms with Crippen LogP contribution >= 0.6 is 0 Å². The third kappa shape index (κ3) is 5.71. The van der Waals surface area contributed by atoms with Gasteiger partial charge in [-0.1, -0.05) is 6.07 Å². The molecule has 0 bridgehead atoms. The molecule has 7 heteroatoms. The van der Waals surface area contributed by atoms with Crippen LogP contribution in [0.3, 0.4) is 0 Å². The monoisotopic (exact) mass is 438 g/mol. The first-order valence-electron chi connectivity index (χ1n) is 11.7. The number of hydrogen-bond acceptors (Lipinski definition) is 6. The molecule has 7 nitrogen and oxygen atoms in total. The first-order chi connectivity index (χ1) is 15.6. The molecule has 1 N–H and O–H groups in total. The van der Waals surface area contributed by atoms with Crippen molar-refractivity contribution in [3.05, 3.63) is 48.2 Å². The average Bonchev–Trinajstić information content (AvgIpc) is 3.33. The van der Waals surface area contributed by atoms with E-state index in [0.29, 0.717) is 11.3 Å². The zero-order chi connectivity index (χ0) is 22.3. The zero-order valence-corrected chi connectivity index (χ0v) is 19.1. The molecule has 1 aromatic carbocycles. The molecule has 1 amide bonds. The van der Waals surface area contributed by atoms with Crippen LogP contribution in [-0.4, -0.2) is 67.8 Å². The van der Waals surface area contributed by atoms with Gasteiger partial charge in [0, 0.05) is 50.5 Å². The Morgan fingerprint density at radius 2 is 1.91 bits per heavy atom. The molecule has 4 rings (SSSR count). The minimum Gasteiger partial charge on any atom is -0.493 e. The lowest BCUT2D eigenvalue weighted by Crippen LogP contribution is -2.51. The summed E-state index contributed by atoms with van der Waals surface area (Å²) >= 11 is 0. The van der Waals surface area contributed by atoms with Gasteiger partial charge in [-0.2, -0.15) is 0 Å². The number of anilines is 1. The van der Waals surface area contributed by atoms with Gasteiger partial charge in [0.1, 0.15) is 5.82 Å².